The number of benzene rings is 2. The Morgan fingerprint density at radius 2 is 1.75 bits per heavy atom. The van der Waals surface area contributed by atoms with Crippen LogP contribution in [0.2, 0.25) is 0 Å². The van der Waals surface area contributed by atoms with Crippen LogP contribution < -0.4 is 10.5 Å². The first kappa shape index (κ1) is 14.5. The molecular weight excluding hydrogens is 253 g/mol. The highest BCUT2D eigenvalue weighted by molar-refractivity contribution is 5.45. The van der Waals surface area contributed by atoms with Gasteiger partial charge in [0.25, 0.3) is 0 Å². The average Bonchev–Trinajstić information content (AvgIpc) is 2.37. The molecule has 0 radical (unpaired) electrons. The maximum atomic E-state index is 14.0. The SMILES string of the molecule is Cc1cc(C)c(C)c(Oc2ccc([C@@H](C)N)cc2F)c1. The van der Waals surface area contributed by atoms with E-state index >= 15 is 0 Å². The zero-order valence-electron chi connectivity index (χ0n) is 12.3. The number of ether oxygens (including phenoxy) is 1. The molecule has 2 N–H and O–H groups in total. The predicted molar refractivity (Wildman–Crippen MR) is 79.7 cm³/mol. The van der Waals surface area contributed by atoms with Crippen molar-refractivity contribution in [3.8, 4) is 11.5 Å². The molecule has 0 aromatic heterocycles. The minimum atomic E-state index is -0.390. The van der Waals surface area contributed by atoms with Crippen molar-refractivity contribution < 1.29 is 9.13 Å². The van der Waals surface area contributed by atoms with Crippen LogP contribution in [0.3, 0.4) is 0 Å². The average molecular weight is 273 g/mol. The summed E-state index contributed by atoms with van der Waals surface area (Å²) in [7, 11) is 0. The molecule has 2 rings (SSSR count). The van der Waals surface area contributed by atoms with Crippen molar-refractivity contribution in [2.24, 2.45) is 5.73 Å². The fraction of sp³-hybridized carbons (Fsp3) is 0.294. The lowest BCUT2D eigenvalue weighted by Crippen LogP contribution is -2.05. The van der Waals surface area contributed by atoms with E-state index in [9.17, 15) is 4.39 Å². The second kappa shape index (κ2) is 5.63. The van der Waals surface area contributed by atoms with E-state index in [1.807, 2.05) is 33.8 Å². The van der Waals surface area contributed by atoms with Crippen LogP contribution in [0.5, 0.6) is 11.5 Å². The van der Waals surface area contributed by atoms with Crippen molar-refractivity contribution in [2.75, 3.05) is 0 Å². The highest BCUT2D eigenvalue weighted by Crippen LogP contribution is 2.31. The number of aryl methyl sites for hydroxylation is 2. The lowest BCUT2D eigenvalue weighted by atomic mass is 10.1. The lowest BCUT2D eigenvalue weighted by Gasteiger charge is -2.14. The molecule has 0 bridgehead atoms. The first-order valence-electron chi connectivity index (χ1n) is 6.69. The second-order valence-electron chi connectivity index (χ2n) is 5.29. The first-order chi connectivity index (χ1) is 9.38. The van der Waals surface area contributed by atoms with Crippen molar-refractivity contribution >= 4 is 0 Å². The molecular formula is C17H20FNO. The predicted octanol–water partition coefficient (Wildman–Crippen LogP) is 4.56. The van der Waals surface area contributed by atoms with E-state index < -0.39 is 5.82 Å². The zero-order chi connectivity index (χ0) is 14.9. The number of hydrogen-bond acceptors (Lipinski definition) is 2. The standard InChI is InChI=1S/C17H20FNO/c1-10-7-11(2)12(3)17(8-10)20-16-6-5-14(13(4)19)9-15(16)18/h5-9,13H,19H2,1-4H3/t13-/m1/s1. The summed E-state index contributed by atoms with van der Waals surface area (Å²) in [5.41, 5.74) is 9.74. The van der Waals surface area contributed by atoms with E-state index in [0.29, 0.717) is 5.75 Å². The molecule has 0 heterocycles. The lowest BCUT2D eigenvalue weighted by molar-refractivity contribution is 0.438. The Labute approximate surface area is 119 Å². The Morgan fingerprint density at radius 3 is 2.35 bits per heavy atom. The number of rotatable bonds is 3. The normalized spacial score (nSPS) is 12.3. The summed E-state index contributed by atoms with van der Waals surface area (Å²) in [5, 5.41) is 0. The summed E-state index contributed by atoms with van der Waals surface area (Å²) in [4.78, 5) is 0. The molecule has 2 aromatic rings. The fourth-order valence-electron chi connectivity index (χ4n) is 2.11. The highest BCUT2D eigenvalue weighted by Gasteiger charge is 2.11. The Bertz CT molecular complexity index is 635. The van der Waals surface area contributed by atoms with Crippen LogP contribution in [0.4, 0.5) is 4.39 Å². The number of halogens is 1. The van der Waals surface area contributed by atoms with Crippen LogP contribution in [-0.4, -0.2) is 0 Å². The number of nitrogens with two attached hydrogens (primary N) is 1. The minimum Gasteiger partial charge on any atom is -0.454 e. The maximum absolute atomic E-state index is 14.0. The maximum Gasteiger partial charge on any atom is 0.166 e. The van der Waals surface area contributed by atoms with E-state index in [2.05, 4.69) is 6.07 Å². The van der Waals surface area contributed by atoms with Gasteiger partial charge in [-0.15, -0.1) is 0 Å². The van der Waals surface area contributed by atoms with Crippen molar-refractivity contribution in [3.05, 3.63) is 58.4 Å². The third-order valence-corrected chi connectivity index (χ3v) is 3.47. The summed E-state index contributed by atoms with van der Waals surface area (Å²) in [5.74, 6) is 0.524. The summed E-state index contributed by atoms with van der Waals surface area (Å²) < 4.78 is 19.8. The van der Waals surface area contributed by atoms with Gasteiger partial charge in [-0.1, -0.05) is 12.1 Å². The topological polar surface area (TPSA) is 35.2 Å². The van der Waals surface area contributed by atoms with Gasteiger partial charge in [0, 0.05) is 6.04 Å². The van der Waals surface area contributed by atoms with E-state index in [4.69, 9.17) is 10.5 Å². The van der Waals surface area contributed by atoms with Crippen LogP contribution in [0, 0.1) is 26.6 Å². The Morgan fingerprint density at radius 1 is 1.05 bits per heavy atom. The molecule has 2 aromatic carbocycles. The molecule has 0 aliphatic rings. The molecule has 0 aliphatic heterocycles. The Balaban J connectivity index is 2.35. The van der Waals surface area contributed by atoms with Gasteiger partial charge in [0.15, 0.2) is 11.6 Å². The van der Waals surface area contributed by atoms with Gasteiger partial charge in [0.05, 0.1) is 0 Å². The molecule has 0 amide bonds. The van der Waals surface area contributed by atoms with Crippen LogP contribution in [0.1, 0.15) is 35.2 Å². The van der Waals surface area contributed by atoms with Gasteiger partial charge >= 0.3 is 0 Å². The van der Waals surface area contributed by atoms with Crippen LogP contribution >= 0.6 is 0 Å². The quantitative estimate of drug-likeness (QED) is 0.889. The van der Waals surface area contributed by atoms with E-state index in [-0.39, 0.29) is 11.8 Å². The van der Waals surface area contributed by atoms with Gasteiger partial charge in [-0.2, -0.15) is 0 Å². The Kier molecular flexibility index (Phi) is 4.09. The van der Waals surface area contributed by atoms with Crippen molar-refractivity contribution in [2.45, 2.75) is 33.7 Å². The summed E-state index contributed by atoms with van der Waals surface area (Å²) in [6.07, 6.45) is 0. The molecule has 106 valence electrons. The number of hydrogen-bond donors (Lipinski definition) is 1. The molecule has 0 fully saturated rings. The smallest absolute Gasteiger partial charge is 0.166 e. The molecule has 0 spiro atoms. The van der Waals surface area contributed by atoms with Crippen molar-refractivity contribution in [3.63, 3.8) is 0 Å². The third kappa shape index (κ3) is 2.99. The zero-order valence-corrected chi connectivity index (χ0v) is 12.3. The molecule has 0 unspecified atom stereocenters. The minimum absolute atomic E-state index is 0.193. The van der Waals surface area contributed by atoms with Crippen molar-refractivity contribution in [1.29, 1.82) is 0 Å². The second-order valence-corrected chi connectivity index (χ2v) is 5.29. The molecule has 0 saturated carbocycles. The largest absolute Gasteiger partial charge is 0.454 e. The van der Waals surface area contributed by atoms with Gasteiger partial charge in [-0.25, -0.2) is 4.39 Å². The molecule has 0 aliphatic carbocycles. The summed E-state index contributed by atoms with van der Waals surface area (Å²) in [6.45, 7) is 7.81. The molecule has 1 atom stereocenters. The van der Waals surface area contributed by atoms with E-state index in [1.165, 1.54) is 6.07 Å². The van der Waals surface area contributed by atoms with Crippen molar-refractivity contribution in [1.82, 2.24) is 0 Å². The monoisotopic (exact) mass is 273 g/mol. The van der Waals surface area contributed by atoms with Gasteiger partial charge in [0.2, 0.25) is 0 Å². The molecule has 3 heteroatoms. The van der Waals surface area contributed by atoms with Crippen LogP contribution in [-0.2, 0) is 0 Å². The third-order valence-electron chi connectivity index (χ3n) is 3.47. The summed E-state index contributed by atoms with van der Waals surface area (Å²) >= 11 is 0. The van der Waals surface area contributed by atoms with Crippen LogP contribution in [0.15, 0.2) is 30.3 Å². The Hall–Kier alpha value is -1.87. The van der Waals surface area contributed by atoms with Gasteiger partial charge in [-0.3, -0.25) is 0 Å². The van der Waals surface area contributed by atoms with Gasteiger partial charge in [-0.05, 0) is 68.1 Å². The van der Waals surface area contributed by atoms with E-state index in [0.717, 1.165) is 22.3 Å². The molecule has 0 saturated heterocycles. The molecule has 20 heavy (non-hydrogen) atoms. The first-order valence-corrected chi connectivity index (χ1v) is 6.69. The van der Waals surface area contributed by atoms with Crippen LogP contribution in [0.25, 0.3) is 0 Å². The fourth-order valence-corrected chi connectivity index (χ4v) is 2.11. The van der Waals surface area contributed by atoms with Gasteiger partial charge in [0.1, 0.15) is 5.75 Å². The van der Waals surface area contributed by atoms with Gasteiger partial charge < -0.3 is 10.5 Å². The van der Waals surface area contributed by atoms with E-state index in [1.54, 1.807) is 12.1 Å². The summed E-state index contributed by atoms with van der Waals surface area (Å²) in [6, 6.07) is 8.66. The highest BCUT2D eigenvalue weighted by atomic mass is 19.1. The molecule has 2 nitrogen and oxygen atoms in total.